The Morgan fingerprint density at radius 2 is 1.22 bits per heavy atom. The second-order valence-electron chi connectivity index (χ2n) is 4.42. The van der Waals surface area contributed by atoms with Gasteiger partial charge in [-0.2, -0.15) is 0 Å². The molecule has 0 unspecified atom stereocenters. The Labute approximate surface area is 111 Å². The summed E-state index contributed by atoms with van der Waals surface area (Å²) < 4.78 is 0. The van der Waals surface area contributed by atoms with Gasteiger partial charge in [0.25, 0.3) is 0 Å². The van der Waals surface area contributed by atoms with Gasteiger partial charge in [0.2, 0.25) is 0 Å². The number of aliphatic carboxylic acids is 1. The first-order valence-corrected chi connectivity index (χ1v) is 7.12. The van der Waals surface area contributed by atoms with Crippen molar-refractivity contribution < 1.29 is 20.1 Å². The second-order valence-corrected chi connectivity index (χ2v) is 4.42. The molecule has 0 atom stereocenters. The van der Waals surface area contributed by atoms with Gasteiger partial charge in [-0.3, -0.25) is 4.79 Å². The summed E-state index contributed by atoms with van der Waals surface area (Å²) in [6.45, 7) is 2.77. The van der Waals surface area contributed by atoms with Gasteiger partial charge in [-0.05, 0) is 19.3 Å². The predicted molar refractivity (Wildman–Crippen MR) is 73.7 cm³/mol. The van der Waals surface area contributed by atoms with Crippen LogP contribution in [0.3, 0.4) is 0 Å². The second kappa shape index (κ2) is 18.7. The van der Waals surface area contributed by atoms with Gasteiger partial charge in [0.05, 0.1) is 0 Å². The Hall–Kier alpha value is -0.610. The first-order valence-electron chi connectivity index (χ1n) is 7.12. The molecule has 0 aromatic rings. The Balaban J connectivity index is 0. The molecule has 0 aliphatic carbocycles. The van der Waals surface area contributed by atoms with Crippen LogP contribution in [-0.2, 0) is 4.79 Å². The van der Waals surface area contributed by atoms with E-state index in [0.29, 0.717) is 6.61 Å². The van der Waals surface area contributed by atoms with Crippen molar-refractivity contribution in [3.8, 4) is 0 Å². The summed E-state index contributed by atoms with van der Waals surface area (Å²) in [5.41, 5.74) is 0. The molecule has 18 heavy (non-hydrogen) atoms. The maximum atomic E-state index is 10.0. The molecule has 4 heteroatoms. The van der Waals surface area contributed by atoms with E-state index in [1.165, 1.54) is 19.3 Å². The molecule has 0 amide bonds. The molecule has 3 N–H and O–H groups in total. The average Bonchev–Trinajstić information content (AvgIpc) is 2.35. The lowest BCUT2D eigenvalue weighted by atomic mass is 10.1. The standard InChI is InChI=1S/C8H16O3.C6H14O/c9-7-5-3-1-2-4-6-8(10)11;1-2-3-4-5-6-7/h9H,1-7H2,(H,10,11);7H,2-6H2,1H3. The molecule has 0 fully saturated rings. The van der Waals surface area contributed by atoms with Gasteiger partial charge in [0.15, 0.2) is 0 Å². The average molecular weight is 262 g/mol. The minimum Gasteiger partial charge on any atom is -0.481 e. The van der Waals surface area contributed by atoms with Crippen LogP contribution in [0.5, 0.6) is 0 Å². The van der Waals surface area contributed by atoms with Crippen molar-refractivity contribution in [1.82, 2.24) is 0 Å². The highest BCUT2D eigenvalue weighted by Gasteiger charge is 1.95. The summed E-state index contributed by atoms with van der Waals surface area (Å²) in [6, 6.07) is 0. The van der Waals surface area contributed by atoms with E-state index in [-0.39, 0.29) is 13.0 Å². The Morgan fingerprint density at radius 3 is 1.67 bits per heavy atom. The van der Waals surface area contributed by atoms with Crippen molar-refractivity contribution >= 4 is 5.97 Å². The van der Waals surface area contributed by atoms with Gasteiger partial charge in [-0.1, -0.05) is 45.4 Å². The molecule has 0 aromatic heterocycles. The number of aliphatic hydroxyl groups excluding tert-OH is 2. The van der Waals surface area contributed by atoms with Crippen LogP contribution in [0.25, 0.3) is 0 Å². The topological polar surface area (TPSA) is 77.8 Å². The smallest absolute Gasteiger partial charge is 0.303 e. The Morgan fingerprint density at radius 1 is 0.778 bits per heavy atom. The van der Waals surface area contributed by atoms with E-state index in [1.54, 1.807) is 0 Å². The maximum Gasteiger partial charge on any atom is 0.303 e. The van der Waals surface area contributed by atoms with Gasteiger partial charge >= 0.3 is 5.97 Å². The number of carbonyl (C=O) groups is 1. The van der Waals surface area contributed by atoms with Crippen molar-refractivity contribution in [2.24, 2.45) is 0 Å². The normalized spacial score (nSPS) is 9.72. The molecule has 0 aliphatic heterocycles. The van der Waals surface area contributed by atoms with Crippen LogP contribution in [0, 0.1) is 0 Å². The molecule has 110 valence electrons. The first-order chi connectivity index (χ1) is 8.68. The predicted octanol–water partition coefficient (Wildman–Crippen LogP) is 2.96. The maximum absolute atomic E-state index is 10.0. The number of hydrogen-bond acceptors (Lipinski definition) is 3. The third-order valence-corrected chi connectivity index (χ3v) is 2.56. The molecule has 0 aliphatic rings. The molecule has 0 aromatic carbocycles. The lowest BCUT2D eigenvalue weighted by molar-refractivity contribution is -0.137. The number of hydrogen-bond donors (Lipinski definition) is 3. The SMILES string of the molecule is CCCCCCO.O=C(O)CCCCCCCO. The molecule has 4 nitrogen and oxygen atoms in total. The van der Waals surface area contributed by atoms with E-state index in [4.69, 9.17) is 15.3 Å². The van der Waals surface area contributed by atoms with Gasteiger partial charge < -0.3 is 15.3 Å². The zero-order valence-electron chi connectivity index (χ0n) is 11.7. The summed E-state index contributed by atoms with van der Waals surface area (Å²) >= 11 is 0. The van der Waals surface area contributed by atoms with Crippen LogP contribution in [-0.4, -0.2) is 34.5 Å². The number of unbranched alkanes of at least 4 members (excludes halogenated alkanes) is 7. The fourth-order valence-corrected chi connectivity index (χ4v) is 1.46. The first kappa shape index (κ1) is 19.7. The van der Waals surface area contributed by atoms with E-state index in [0.717, 1.165) is 38.5 Å². The van der Waals surface area contributed by atoms with Crippen LogP contribution in [0.4, 0.5) is 0 Å². The zero-order valence-corrected chi connectivity index (χ0v) is 11.7. The minimum atomic E-state index is -0.716. The Bertz CT molecular complexity index is 156. The highest BCUT2D eigenvalue weighted by atomic mass is 16.4. The lowest BCUT2D eigenvalue weighted by Crippen LogP contribution is -1.93. The molecule has 0 radical (unpaired) electrons. The zero-order chi connectivity index (χ0) is 14.1. The summed E-state index contributed by atoms with van der Waals surface area (Å²) in [5, 5.41) is 25.0. The largest absolute Gasteiger partial charge is 0.481 e. The van der Waals surface area contributed by atoms with Crippen molar-refractivity contribution in [1.29, 1.82) is 0 Å². The van der Waals surface area contributed by atoms with Gasteiger partial charge in [0.1, 0.15) is 0 Å². The lowest BCUT2D eigenvalue weighted by Gasteiger charge is -1.96. The molecular formula is C14H30O4. The summed E-state index contributed by atoms with van der Waals surface area (Å²) in [4.78, 5) is 10.0. The fourth-order valence-electron chi connectivity index (χ4n) is 1.46. The summed E-state index contributed by atoms with van der Waals surface area (Å²) in [6.07, 6.45) is 9.57. The van der Waals surface area contributed by atoms with Crippen molar-refractivity contribution in [3.63, 3.8) is 0 Å². The summed E-state index contributed by atoms with van der Waals surface area (Å²) in [7, 11) is 0. The number of carboxylic acid groups (broad SMARTS) is 1. The number of rotatable bonds is 11. The van der Waals surface area contributed by atoms with E-state index < -0.39 is 5.97 Å². The van der Waals surface area contributed by atoms with Crippen LogP contribution in [0.15, 0.2) is 0 Å². The molecule has 0 saturated heterocycles. The fraction of sp³-hybridized carbons (Fsp3) is 0.929. The molecule has 0 saturated carbocycles. The highest BCUT2D eigenvalue weighted by Crippen LogP contribution is 2.04. The summed E-state index contributed by atoms with van der Waals surface area (Å²) in [5.74, 6) is -0.716. The molecular weight excluding hydrogens is 232 g/mol. The minimum absolute atomic E-state index is 0.249. The molecule has 0 spiro atoms. The van der Waals surface area contributed by atoms with Gasteiger partial charge in [-0.15, -0.1) is 0 Å². The van der Waals surface area contributed by atoms with Crippen molar-refractivity contribution in [2.45, 2.75) is 71.1 Å². The van der Waals surface area contributed by atoms with Crippen molar-refractivity contribution in [3.05, 3.63) is 0 Å². The monoisotopic (exact) mass is 262 g/mol. The van der Waals surface area contributed by atoms with Crippen molar-refractivity contribution in [2.75, 3.05) is 13.2 Å². The van der Waals surface area contributed by atoms with Crippen LogP contribution in [0.1, 0.15) is 71.1 Å². The third-order valence-electron chi connectivity index (χ3n) is 2.56. The number of aliphatic hydroxyl groups is 2. The number of carboxylic acids is 1. The van der Waals surface area contributed by atoms with Gasteiger partial charge in [0, 0.05) is 19.6 Å². The third kappa shape index (κ3) is 24.6. The van der Waals surface area contributed by atoms with Gasteiger partial charge in [-0.25, -0.2) is 0 Å². The van der Waals surface area contributed by atoms with E-state index >= 15 is 0 Å². The molecule has 0 rings (SSSR count). The Kier molecular flexibility index (Phi) is 20.5. The van der Waals surface area contributed by atoms with E-state index in [2.05, 4.69) is 6.92 Å². The van der Waals surface area contributed by atoms with E-state index in [1.807, 2.05) is 0 Å². The van der Waals surface area contributed by atoms with Crippen LogP contribution in [0.2, 0.25) is 0 Å². The van der Waals surface area contributed by atoms with Crippen LogP contribution < -0.4 is 0 Å². The highest BCUT2D eigenvalue weighted by molar-refractivity contribution is 5.66. The van der Waals surface area contributed by atoms with E-state index in [9.17, 15) is 4.79 Å². The molecule has 0 heterocycles. The molecule has 0 bridgehead atoms. The van der Waals surface area contributed by atoms with Crippen LogP contribution >= 0.6 is 0 Å². The quantitative estimate of drug-likeness (QED) is 0.500.